The van der Waals surface area contributed by atoms with Crippen LogP contribution in [0.15, 0.2) is 0 Å². The largest absolute Gasteiger partial charge is 0.345 e. The monoisotopic (exact) mass is 311 g/mol. The van der Waals surface area contributed by atoms with Crippen molar-refractivity contribution in [3.8, 4) is 0 Å². The second-order valence-corrected chi connectivity index (χ2v) is 6.98. The molecule has 128 valence electrons. The maximum Gasteiger partial charge on any atom is 0.237 e. The van der Waals surface area contributed by atoms with Gasteiger partial charge in [-0.1, -0.05) is 40.0 Å². The molecule has 5 nitrogen and oxygen atoms in total. The zero-order valence-electron chi connectivity index (χ0n) is 14.3. The van der Waals surface area contributed by atoms with E-state index in [-0.39, 0.29) is 23.5 Å². The maximum atomic E-state index is 12.4. The van der Waals surface area contributed by atoms with Gasteiger partial charge in [0, 0.05) is 5.92 Å². The Kier molecular flexibility index (Phi) is 8.04. The Morgan fingerprint density at radius 1 is 1.18 bits per heavy atom. The first kappa shape index (κ1) is 19.1. The molecule has 0 heterocycles. The summed E-state index contributed by atoms with van der Waals surface area (Å²) >= 11 is 0. The average Bonchev–Trinajstić information content (AvgIpc) is 2.42. The van der Waals surface area contributed by atoms with Crippen molar-refractivity contribution >= 4 is 11.7 Å². The summed E-state index contributed by atoms with van der Waals surface area (Å²) in [5.41, 5.74) is 11.6. The molecule has 1 saturated carbocycles. The van der Waals surface area contributed by atoms with Crippen LogP contribution in [0.5, 0.6) is 0 Å². The summed E-state index contributed by atoms with van der Waals surface area (Å²) in [4.78, 5) is 24.7. The molecule has 5 heteroatoms. The molecule has 3 atom stereocenters. The predicted octanol–water partition coefficient (Wildman–Crippen LogP) is 1.59. The molecule has 5 N–H and O–H groups in total. The van der Waals surface area contributed by atoms with Gasteiger partial charge in [0.15, 0.2) is 5.78 Å². The number of hydrogen-bond donors (Lipinski definition) is 3. The maximum absolute atomic E-state index is 12.4. The highest BCUT2D eigenvalue weighted by Crippen LogP contribution is 2.34. The van der Waals surface area contributed by atoms with Gasteiger partial charge in [0.25, 0.3) is 0 Å². The van der Waals surface area contributed by atoms with Crippen LogP contribution in [0.1, 0.15) is 59.3 Å². The molecule has 1 aliphatic rings. The molecule has 0 aromatic carbocycles. The van der Waals surface area contributed by atoms with E-state index in [2.05, 4.69) is 5.32 Å². The standard InChI is InChI=1S/C17H33N3O2/c1-11(2)16(21)14(9-4-5-10-18)20-17(22)15(19)12(3)13-7-6-8-13/h11-15H,4-10,18-19H2,1-3H3,(H,20,22)/t12?,14-,15?/m0/s1. The van der Waals surface area contributed by atoms with Crippen LogP contribution in [0.4, 0.5) is 0 Å². The Labute approximate surface area is 134 Å². The molecular weight excluding hydrogens is 278 g/mol. The molecule has 1 amide bonds. The van der Waals surface area contributed by atoms with Crippen molar-refractivity contribution in [3.63, 3.8) is 0 Å². The first-order chi connectivity index (χ1) is 10.4. The number of rotatable bonds is 10. The molecule has 1 rings (SSSR count). The summed E-state index contributed by atoms with van der Waals surface area (Å²) in [6, 6.07) is -0.957. The third-order valence-corrected chi connectivity index (χ3v) is 4.94. The van der Waals surface area contributed by atoms with Crippen molar-refractivity contribution in [2.75, 3.05) is 6.54 Å². The van der Waals surface area contributed by atoms with E-state index in [0.717, 1.165) is 25.7 Å². The van der Waals surface area contributed by atoms with Crippen LogP contribution in [0, 0.1) is 17.8 Å². The van der Waals surface area contributed by atoms with Gasteiger partial charge in [-0.15, -0.1) is 0 Å². The van der Waals surface area contributed by atoms with Crippen molar-refractivity contribution in [1.29, 1.82) is 0 Å². The van der Waals surface area contributed by atoms with E-state index in [4.69, 9.17) is 11.5 Å². The van der Waals surface area contributed by atoms with Gasteiger partial charge in [0.2, 0.25) is 5.91 Å². The second-order valence-electron chi connectivity index (χ2n) is 6.98. The fourth-order valence-electron chi connectivity index (χ4n) is 2.95. The molecule has 22 heavy (non-hydrogen) atoms. The number of carbonyl (C=O) groups is 2. The highest BCUT2D eigenvalue weighted by atomic mass is 16.2. The normalized spacial score (nSPS) is 19.4. The highest BCUT2D eigenvalue weighted by molar-refractivity contribution is 5.91. The molecule has 0 saturated heterocycles. The minimum absolute atomic E-state index is 0.0777. The lowest BCUT2D eigenvalue weighted by Gasteiger charge is -2.34. The second kappa shape index (κ2) is 9.26. The molecule has 0 aromatic heterocycles. The van der Waals surface area contributed by atoms with E-state index in [9.17, 15) is 9.59 Å². The van der Waals surface area contributed by atoms with Crippen LogP contribution in [0.2, 0.25) is 0 Å². The summed E-state index contributed by atoms with van der Waals surface area (Å²) in [5, 5.41) is 2.89. The van der Waals surface area contributed by atoms with E-state index in [0.29, 0.717) is 18.9 Å². The first-order valence-corrected chi connectivity index (χ1v) is 8.68. The molecule has 0 bridgehead atoms. The Bertz CT molecular complexity index is 367. The van der Waals surface area contributed by atoms with Crippen LogP contribution in [0.25, 0.3) is 0 Å². The summed E-state index contributed by atoms with van der Waals surface area (Å²) in [5.74, 6) is 0.522. The smallest absolute Gasteiger partial charge is 0.237 e. The SMILES string of the molecule is CC(C)C(=O)[C@H](CCCCN)NC(=O)C(N)C(C)C1CCC1. The zero-order valence-corrected chi connectivity index (χ0v) is 14.3. The number of unbranched alkanes of at least 4 members (excludes halogenated alkanes) is 1. The van der Waals surface area contributed by atoms with Crippen molar-refractivity contribution < 1.29 is 9.59 Å². The summed E-state index contributed by atoms with van der Waals surface area (Å²) < 4.78 is 0. The van der Waals surface area contributed by atoms with Gasteiger partial charge in [-0.3, -0.25) is 9.59 Å². The minimum Gasteiger partial charge on any atom is -0.345 e. The van der Waals surface area contributed by atoms with Gasteiger partial charge < -0.3 is 16.8 Å². The number of carbonyl (C=O) groups excluding carboxylic acids is 2. The minimum atomic E-state index is -0.526. The number of ketones is 1. The zero-order chi connectivity index (χ0) is 16.7. The fraction of sp³-hybridized carbons (Fsp3) is 0.882. The van der Waals surface area contributed by atoms with E-state index in [1.54, 1.807) is 0 Å². The lowest BCUT2D eigenvalue weighted by Crippen LogP contribution is -2.53. The molecule has 1 aliphatic carbocycles. The molecule has 0 aliphatic heterocycles. The predicted molar refractivity (Wildman–Crippen MR) is 89.2 cm³/mol. The van der Waals surface area contributed by atoms with Crippen molar-refractivity contribution in [2.45, 2.75) is 71.4 Å². The third-order valence-electron chi connectivity index (χ3n) is 4.94. The lowest BCUT2D eigenvalue weighted by molar-refractivity contribution is -0.131. The Balaban J connectivity index is 2.57. The van der Waals surface area contributed by atoms with Crippen LogP contribution in [-0.4, -0.2) is 30.3 Å². The Morgan fingerprint density at radius 2 is 1.82 bits per heavy atom. The van der Waals surface area contributed by atoms with Crippen molar-refractivity contribution in [3.05, 3.63) is 0 Å². The summed E-state index contributed by atoms with van der Waals surface area (Å²) in [6.45, 7) is 6.37. The molecule has 0 radical (unpaired) electrons. The summed E-state index contributed by atoms with van der Waals surface area (Å²) in [6.07, 6.45) is 5.90. The number of nitrogens with one attached hydrogen (secondary N) is 1. The Hall–Kier alpha value is -0.940. The van der Waals surface area contributed by atoms with Crippen LogP contribution in [0.3, 0.4) is 0 Å². The Morgan fingerprint density at radius 3 is 2.27 bits per heavy atom. The van der Waals surface area contributed by atoms with E-state index < -0.39 is 12.1 Å². The van der Waals surface area contributed by atoms with Gasteiger partial charge in [0.1, 0.15) is 0 Å². The number of amides is 1. The number of Topliss-reactive ketones (excluding diaryl/α,β-unsaturated/α-hetero) is 1. The van der Waals surface area contributed by atoms with Crippen LogP contribution >= 0.6 is 0 Å². The summed E-state index contributed by atoms with van der Waals surface area (Å²) in [7, 11) is 0. The van der Waals surface area contributed by atoms with Gasteiger partial charge in [-0.05, 0) is 37.6 Å². The van der Waals surface area contributed by atoms with Crippen LogP contribution < -0.4 is 16.8 Å². The van der Waals surface area contributed by atoms with Gasteiger partial charge in [-0.25, -0.2) is 0 Å². The first-order valence-electron chi connectivity index (χ1n) is 8.68. The quantitative estimate of drug-likeness (QED) is 0.534. The lowest BCUT2D eigenvalue weighted by atomic mass is 9.73. The molecule has 0 aromatic rings. The van der Waals surface area contributed by atoms with Gasteiger partial charge in [0.05, 0.1) is 12.1 Å². The molecule has 2 unspecified atom stereocenters. The third kappa shape index (κ3) is 5.36. The van der Waals surface area contributed by atoms with Gasteiger partial charge >= 0.3 is 0 Å². The molecular formula is C17H33N3O2. The fourth-order valence-corrected chi connectivity index (χ4v) is 2.95. The van der Waals surface area contributed by atoms with E-state index >= 15 is 0 Å². The molecule has 1 fully saturated rings. The van der Waals surface area contributed by atoms with Crippen molar-refractivity contribution in [2.24, 2.45) is 29.2 Å². The number of nitrogens with two attached hydrogens (primary N) is 2. The topological polar surface area (TPSA) is 98.2 Å². The highest BCUT2D eigenvalue weighted by Gasteiger charge is 2.33. The van der Waals surface area contributed by atoms with E-state index in [1.165, 1.54) is 6.42 Å². The molecule has 0 spiro atoms. The number of hydrogen-bond acceptors (Lipinski definition) is 4. The van der Waals surface area contributed by atoms with Crippen LogP contribution in [-0.2, 0) is 9.59 Å². The van der Waals surface area contributed by atoms with Crippen molar-refractivity contribution in [1.82, 2.24) is 5.32 Å². The van der Waals surface area contributed by atoms with Gasteiger partial charge in [-0.2, -0.15) is 0 Å². The van der Waals surface area contributed by atoms with E-state index in [1.807, 2.05) is 20.8 Å². The average molecular weight is 311 g/mol.